The summed E-state index contributed by atoms with van der Waals surface area (Å²) in [6.07, 6.45) is 0. The standard InChI is InChI=1S/C15H17ClN2O3S2/c1-9(2)14(19)17-15-18(11-6-4-3-5-10(11)16)12-7-23(20,21)8-13(12)22-15/h3-6,9,12-13H,7-8H2,1-2H3/t12-,13-/m0/s1. The highest BCUT2D eigenvalue weighted by Crippen LogP contribution is 2.43. The number of para-hydroxylation sites is 1. The molecule has 2 aliphatic heterocycles. The fourth-order valence-corrected chi connectivity index (χ4v) is 6.86. The minimum Gasteiger partial charge on any atom is -0.314 e. The summed E-state index contributed by atoms with van der Waals surface area (Å²) in [5.41, 5.74) is 0.696. The maximum Gasteiger partial charge on any atom is 0.250 e. The van der Waals surface area contributed by atoms with Gasteiger partial charge < -0.3 is 4.90 Å². The maximum atomic E-state index is 12.0. The molecule has 5 nitrogen and oxygen atoms in total. The van der Waals surface area contributed by atoms with Crippen LogP contribution in [-0.4, -0.2) is 42.3 Å². The number of carbonyl (C=O) groups excluding carboxylic acids is 1. The van der Waals surface area contributed by atoms with E-state index in [-0.39, 0.29) is 34.6 Å². The number of benzene rings is 1. The molecule has 0 saturated carbocycles. The SMILES string of the molecule is CC(C)C(=O)N=C1S[C@H]2CS(=O)(=O)C[C@@H]2N1c1ccccc1Cl. The Kier molecular flexibility index (Phi) is 4.46. The quantitative estimate of drug-likeness (QED) is 0.798. The van der Waals surface area contributed by atoms with Gasteiger partial charge in [0.05, 0.1) is 28.3 Å². The average molecular weight is 373 g/mol. The molecule has 0 radical (unpaired) electrons. The highest BCUT2D eigenvalue weighted by Gasteiger charge is 2.49. The van der Waals surface area contributed by atoms with Gasteiger partial charge in [-0.2, -0.15) is 4.99 Å². The van der Waals surface area contributed by atoms with Crippen molar-refractivity contribution in [2.24, 2.45) is 10.9 Å². The van der Waals surface area contributed by atoms with E-state index in [1.165, 1.54) is 11.8 Å². The van der Waals surface area contributed by atoms with E-state index in [1.54, 1.807) is 19.9 Å². The van der Waals surface area contributed by atoms with Gasteiger partial charge in [0.1, 0.15) is 0 Å². The fraction of sp³-hybridized carbons (Fsp3) is 0.467. The smallest absolute Gasteiger partial charge is 0.250 e. The van der Waals surface area contributed by atoms with E-state index < -0.39 is 9.84 Å². The number of carbonyl (C=O) groups is 1. The molecule has 1 aromatic carbocycles. The molecule has 2 atom stereocenters. The lowest BCUT2D eigenvalue weighted by Crippen LogP contribution is -2.38. The Balaban J connectivity index is 2.05. The van der Waals surface area contributed by atoms with Gasteiger partial charge in [-0.25, -0.2) is 8.42 Å². The van der Waals surface area contributed by atoms with E-state index in [2.05, 4.69) is 4.99 Å². The van der Waals surface area contributed by atoms with Gasteiger partial charge >= 0.3 is 0 Å². The largest absolute Gasteiger partial charge is 0.314 e. The van der Waals surface area contributed by atoms with Crippen molar-refractivity contribution in [3.8, 4) is 0 Å². The van der Waals surface area contributed by atoms with Crippen molar-refractivity contribution in [3.05, 3.63) is 29.3 Å². The minimum absolute atomic E-state index is 0.0603. The summed E-state index contributed by atoms with van der Waals surface area (Å²) in [5, 5.41) is 0.944. The van der Waals surface area contributed by atoms with Gasteiger partial charge in [0.15, 0.2) is 15.0 Å². The second-order valence-electron chi connectivity index (χ2n) is 6.01. The number of sulfone groups is 1. The van der Waals surface area contributed by atoms with Crippen LogP contribution in [0, 0.1) is 5.92 Å². The van der Waals surface area contributed by atoms with E-state index in [0.29, 0.717) is 15.9 Å². The molecule has 23 heavy (non-hydrogen) atoms. The van der Waals surface area contributed by atoms with Crippen molar-refractivity contribution in [2.75, 3.05) is 16.4 Å². The van der Waals surface area contributed by atoms with Crippen molar-refractivity contribution >= 4 is 50.0 Å². The molecule has 0 N–H and O–H groups in total. The van der Waals surface area contributed by atoms with Crippen molar-refractivity contribution in [1.29, 1.82) is 0 Å². The first-order valence-corrected chi connectivity index (χ1v) is 10.4. The van der Waals surface area contributed by atoms with Crippen LogP contribution in [0.25, 0.3) is 0 Å². The molecule has 3 rings (SSSR count). The first kappa shape index (κ1) is 16.8. The minimum atomic E-state index is -3.07. The van der Waals surface area contributed by atoms with Gasteiger partial charge in [-0.1, -0.05) is 49.3 Å². The molecule has 2 fully saturated rings. The number of rotatable bonds is 2. The molecule has 2 aliphatic rings. The number of fused-ring (bicyclic) bond motifs is 1. The summed E-state index contributed by atoms with van der Waals surface area (Å²) in [7, 11) is -3.07. The Hall–Kier alpha value is -1.05. The third kappa shape index (κ3) is 3.27. The lowest BCUT2D eigenvalue weighted by atomic mass is 10.2. The third-order valence-electron chi connectivity index (χ3n) is 3.88. The number of nitrogens with zero attached hydrogens (tertiary/aromatic N) is 2. The van der Waals surface area contributed by atoms with Gasteiger partial charge in [-0.15, -0.1) is 0 Å². The Morgan fingerprint density at radius 1 is 1.35 bits per heavy atom. The zero-order valence-corrected chi connectivity index (χ0v) is 15.2. The van der Waals surface area contributed by atoms with E-state index >= 15 is 0 Å². The summed E-state index contributed by atoms with van der Waals surface area (Å²) < 4.78 is 23.9. The van der Waals surface area contributed by atoms with Crippen LogP contribution in [0.5, 0.6) is 0 Å². The average Bonchev–Trinajstić information content (AvgIpc) is 2.91. The molecular formula is C15H17ClN2O3S2. The monoisotopic (exact) mass is 372 g/mol. The van der Waals surface area contributed by atoms with Crippen LogP contribution in [0.2, 0.25) is 5.02 Å². The molecule has 8 heteroatoms. The van der Waals surface area contributed by atoms with Gasteiger partial charge in [0.2, 0.25) is 0 Å². The Labute approximate surface area is 145 Å². The summed E-state index contributed by atoms with van der Waals surface area (Å²) >= 11 is 7.65. The van der Waals surface area contributed by atoms with E-state index in [4.69, 9.17) is 11.6 Å². The summed E-state index contributed by atoms with van der Waals surface area (Å²) in [6.45, 7) is 3.58. The molecule has 0 aliphatic carbocycles. The van der Waals surface area contributed by atoms with Gasteiger partial charge in [0.25, 0.3) is 5.91 Å². The highest BCUT2D eigenvalue weighted by molar-refractivity contribution is 8.16. The van der Waals surface area contributed by atoms with Crippen LogP contribution >= 0.6 is 23.4 Å². The predicted octanol–water partition coefficient (Wildman–Crippen LogP) is 2.60. The van der Waals surface area contributed by atoms with E-state index in [0.717, 1.165) is 0 Å². The molecule has 0 aromatic heterocycles. The number of aliphatic imine (C=N–C) groups is 1. The Morgan fingerprint density at radius 2 is 2.04 bits per heavy atom. The zero-order chi connectivity index (χ0) is 16.8. The number of anilines is 1. The third-order valence-corrected chi connectivity index (χ3v) is 7.41. The van der Waals surface area contributed by atoms with Crippen LogP contribution < -0.4 is 4.90 Å². The molecule has 1 amide bonds. The van der Waals surface area contributed by atoms with E-state index in [1.807, 2.05) is 23.1 Å². The van der Waals surface area contributed by atoms with Gasteiger partial charge in [-0.3, -0.25) is 4.79 Å². The van der Waals surface area contributed by atoms with Crippen molar-refractivity contribution in [3.63, 3.8) is 0 Å². The van der Waals surface area contributed by atoms with Gasteiger partial charge in [0, 0.05) is 11.2 Å². The van der Waals surface area contributed by atoms with Crippen molar-refractivity contribution in [2.45, 2.75) is 25.1 Å². The second-order valence-corrected chi connectivity index (χ2v) is 9.78. The molecule has 0 bridgehead atoms. The van der Waals surface area contributed by atoms with Crippen LogP contribution in [0.4, 0.5) is 5.69 Å². The van der Waals surface area contributed by atoms with Crippen LogP contribution in [0.1, 0.15) is 13.8 Å². The molecule has 1 aromatic rings. The first-order valence-electron chi connectivity index (χ1n) is 7.32. The van der Waals surface area contributed by atoms with Crippen molar-refractivity contribution in [1.82, 2.24) is 0 Å². The second kappa shape index (κ2) is 6.11. The number of hydrogen-bond acceptors (Lipinski definition) is 4. The number of amidine groups is 1. The molecule has 2 heterocycles. The number of halogens is 1. The predicted molar refractivity (Wildman–Crippen MR) is 95.0 cm³/mol. The number of amides is 1. The number of thioether (sulfide) groups is 1. The first-order chi connectivity index (χ1) is 10.8. The topological polar surface area (TPSA) is 66.8 Å². The molecule has 0 spiro atoms. The fourth-order valence-electron chi connectivity index (χ4n) is 2.72. The van der Waals surface area contributed by atoms with E-state index in [9.17, 15) is 13.2 Å². The normalized spacial score (nSPS) is 27.7. The van der Waals surface area contributed by atoms with Crippen LogP contribution in [0.15, 0.2) is 29.3 Å². The highest BCUT2D eigenvalue weighted by atomic mass is 35.5. The Bertz CT molecular complexity index is 777. The van der Waals surface area contributed by atoms with Crippen molar-refractivity contribution < 1.29 is 13.2 Å². The van der Waals surface area contributed by atoms with Gasteiger partial charge in [-0.05, 0) is 12.1 Å². The number of hydrogen-bond donors (Lipinski definition) is 0. The lowest BCUT2D eigenvalue weighted by molar-refractivity contribution is -0.120. The molecular weight excluding hydrogens is 356 g/mol. The molecule has 124 valence electrons. The lowest BCUT2D eigenvalue weighted by Gasteiger charge is -2.25. The Morgan fingerprint density at radius 3 is 2.70 bits per heavy atom. The van der Waals surface area contributed by atoms with Crippen LogP contribution in [-0.2, 0) is 14.6 Å². The van der Waals surface area contributed by atoms with Crippen LogP contribution in [0.3, 0.4) is 0 Å². The maximum absolute atomic E-state index is 12.0. The molecule has 0 unspecified atom stereocenters. The summed E-state index contributed by atoms with van der Waals surface area (Å²) in [6, 6.07) is 6.99. The summed E-state index contributed by atoms with van der Waals surface area (Å²) in [4.78, 5) is 18.1. The zero-order valence-electron chi connectivity index (χ0n) is 12.8. The molecule has 2 saturated heterocycles. The summed E-state index contributed by atoms with van der Waals surface area (Å²) in [5.74, 6) is -0.254.